The lowest BCUT2D eigenvalue weighted by molar-refractivity contribution is -0.132. The van der Waals surface area contributed by atoms with Crippen molar-refractivity contribution in [2.24, 2.45) is 0 Å². The first-order valence-corrected chi connectivity index (χ1v) is 10.3. The SMILES string of the molecule is Cc1ccccc1Cn1c(C(=O)N2CCN(C(=O)CCl)C(C)C2)cc2ccoc21. The molecule has 0 bridgehead atoms. The largest absolute Gasteiger partial charge is 0.448 e. The molecule has 0 spiro atoms. The van der Waals surface area contributed by atoms with Crippen molar-refractivity contribution in [2.75, 3.05) is 25.5 Å². The average molecular weight is 414 g/mol. The van der Waals surface area contributed by atoms with Crippen molar-refractivity contribution in [1.29, 1.82) is 0 Å². The molecule has 0 radical (unpaired) electrons. The Bertz CT molecular complexity index is 1050. The summed E-state index contributed by atoms with van der Waals surface area (Å²) in [7, 11) is 0. The van der Waals surface area contributed by atoms with E-state index in [0.29, 0.717) is 37.6 Å². The molecule has 3 aromatic rings. The second-order valence-electron chi connectivity index (χ2n) is 7.54. The molecule has 29 heavy (non-hydrogen) atoms. The van der Waals surface area contributed by atoms with Crippen LogP contribution in [0.1, 0.15) is 28.5 Å². The molecule has 0 aliphatic carbocycles. The van der Waals surface area contributed by atoms with Crippen LogP contribution in [0.2, 0.25) is 0 Å². The number of fused-ring (bicyclic) bond motifs is 1. The number of halogens is 1. The first kappa shape index (κ1) is 19.6. The van der Waals surface area contributed by atoms with Crippen molar-refractivity contribution in [2.45, 2.75) is 26.4 Å². The maximum Gasteiger partial charge on any atom is 0.270 e. The molecule has 1 fully saturated rings. The van der Waals surface area contributed by atoms with Gasteiger partial charge in [-0.15, -0.1) is 11.6 Å². The fraction of sp³-hybridized carbons (Fsp3) is 0.364. The Morgan fingerprint density at radius 1 is 1.21 bits per heavy atom. The number of furan rings is 1. The number of aryl methyl sites for hydroxylation is 1. The summed E-state index contributed by atoms with van der Waals surface area (Å²) in [4.78, 5) is 28.9. The number of carbonyl (C=O) groups is 2. The Hall–Kier alpha value is -2.73. The zero-order chi connectivity index (χ0) is 20.5. The van der Waals surface area contributed by atoms with Gasteiger partial charge in [-0.2, -0.15) is 0 Å². The third kappa shape index (κ3) is 3.65. The maximum atomic E-state index is 13.4. The lowest BCUT2D eigenvalue weighted by Gasteiger charge is -2.39. The van der Waals surface area contributed by atoms with Crippen molar-refractivity contribution < 1.29 is 14.0 Å². The van der Waals surface area contributed by atoms with Gasteiger partial charge in [-0.3, -0.25) is 9.59 Å². The first-order chi connectivity index (χ1) is 14.0. The second kappa shape index (κ2) is 7.95. The highest BCUT2D eigenvalue weighted by molar-refractivity contribution is 6.27. The molecule has 7 heteroatoms. The van der Waals surface area contributed by atoms with E-state index in [2.05, 4.69) is 19.1 Å². The predicted octanol–water partition coefficient (Wildman–Crippen LogP) is 3.50. The predicted molar refractivity (Wildman–Crippen MR) is 112 cm³/mol. The highest BCUT2D eigenvalue weighted by atomic mass is 35.5. The fourth-order valence-corrected chi connectivity index (χ4v) is 4.17. The molecule has 1 aliphatic rings. The first-order valence-electron chi connectivity index (χ1n) is 9.75. The number of alkyl halides is 1. The number of piperazine rings is 1. The maximum absolute atomic E-state index is 13.4. The van der Waals surface area contributed by atoms with Crippen LogP contribution in [0.5, 0.6) is 0 Å². The molecule has 3 heterocycles. The molecule has 1 saturated heterocycles. The van der Waals surface area contributed by atoms with E-state index in [4.69, 9.17) is 16.0 Å². The minimum Gasteiger partial charge on any atom is -0.448 e. The van der Waals surface area contributed by atoms with Crippen LogP contribution < -0.4 is 0 Å². The number of rotatable bonds is 4. The molecule has 4 rings (SSSR count). The number of carbonyl (C=O) groups excluding carboxylic acids is 2. The van der Waals surface area contributed by atoms with E-state index >= 15 is 0 Å². The Morgan fingerprint density at radius 2 is 2.00 bits per heavy atom. The van der Waals surface area contributed by atoms with Gasteiger partial charge in [0.2, 0.25) is 11.6 Å². The summed E-state index contributed by atoms with van der Waals surface area (Å²) in [5.74, 6) is -0.171. The molecule has 1 aromatic carbocycles. The standard InChI is InChI=1S/C22H24ClN3O3/c1-15-5-3-4-6-18(15)14-26-19(11-17-7-10-29-22(17)26)21(28)24-8-9-25(16(2)13-24)20(27)12-23/h3-7,10-11,16H,8-9,12-14H2,1-2H3. The van der Waals surface area contributed by atoms with Gasteiger partial charge in [0.1, 0.15) is 11.6 Å². The van der Waals surface area contributed by atoms with Crippen LogP contribution in [0.25, 0.3) is 11.1 Å². The van der Waals surface area contributed by atoms with E-state index in [9.17, 15) is 9.59 Å². The highest BCUT2D eigenvalue weighted by Gasteiger charge is 2.31. The van der Waals surface area contributed by atoms with E-state index in [1.165, 1.54) is 5.56 Å². The zero-order valence-electron chi connectivity index (χ0n) is 16.6. The van der Waals surface area contributed by atoms with Gasteiger partial charge < -0.3 is 18.8 Å². The second-order valence-corrected chi connectivity index (χ2v) is 7.81. The molecule has 2 aromatic heterocycles. The third-order valence-electron chi connectivity index (χ3n) is 5.66. The average Bonchev–Trinajstić information content (AvgIpc) is 3.31. The molecule has 6 nitrogen and oxygen atoms in total. The number of benzene rings is 1. The Labute approximate surface area is 174 Å². The van der Waals surface area contributed by atoms with Gasteiger partial charge in [0.25, 0.3) is 5.91 Å². The number of aromatic nitrogens is 1. The van der Waals surface area contributed by atoms with E-state index in [1.807, 2.05) is 40.7 Å². The monoisotopic (exact) mass is 413 g/mol. The normalized spacial score (nSPS) is 17.1. The van der Waals surface area contributed by atoms with Crippen molar-refractivity contribution in [3.05, 3.63) is 59.5 Å². The number of hydrogen-bond acceptors (Lipinski definition) is 3. The van der Waals surface area contributed by atoms with Gasteiger partial charge >= 0.3 is 0 Å². The van der Waals surface area contributed by atoms with Gasteiger partial charge in [0, 0.05) is 31.1 Å². The van der Waals surface area contributed by atoms with Crippen LogP contribution in [0.15, 0.2) is 47.1 Å². The zero-order valence-corrected chi connectivity index (χ0v) is 17.4. The Kier molecular flexibility index (Phi) is 5.37. The molecule has 0 N–H and O–H groups in total. The van der Waals surface area contributed by atoms with Crippen LogP contribution in [0, 0.1) is 6.92 Å². The van der Waals surface area contributed by atoms with Crippen LogP contribution >= 0.6 is 11.6 Å². The van der Waals surface area contributed by atoms with Gasteiger partial charge in [0.05, 0.1) is 12.8 Å². The van der Waals surface area contributed by atoms with Crippen LogP contribution in [0.4, 0.5) is 0 Å². The van der Waals surface area contributed by atoms with Crippen LogP contribution in [-0.2, 0) is 11.3 Å². The van der Waals surface area contributed by atoms with Crippen molar-refractivity contribution >= 4 is 34.5 Å². The van der Waals surface area contributed by atoms with Crippen molar-refractivity contribution in [1.82, 2.24) is 14.4 Å². The molecular weight excluding hydrogens is 390 g/mol. The van der Waals surface area contributed by atoms with Gasteiger partial charge in [-0.25, -0.2) is 0 Å². The van der Waals surface area contributed by atoms with E-state index in [-0.39, 0.29) is 23.7 Å². The molecule has 1 atom stereocenters. The smallest absolute Gasteiger partial charge is 0.270 e. The van der Waals surface area contributed by atoms with Crippen LogP contribution in [0.3, 0.4) is 0 Å². The Morgan fingerprint density at radius 3 is 2.72 bits per heavy atom. The van der Waals surface area contributed by atoms with Crippen molar-refractivity contribution in [3.63, 3.8) is 0 Å². The number of nitrogens with zero attached hydrogens (tertiary/aromatic N) is 3. The molecule has 152 valence electrons. The summed E-state index contributed by atoms with van der Waals surface area (Å²) >= 11 is 5.70. The topological polar surface area (TPSA) is 58.7 Å². The lowest BCUT2D eigenvalue weighted by atomic mass is 10.1. The van der Waals surface area contributed by atoms with Gasteiger partial charge in [-0.1, -0.05) is 24.3 Å². The summed E-state index contributed by atoms with van der Waals surface area (Å²) in [6, 6.07) is 11.8. The fourth-order valence-electron chi connectivity index (χ4n) is 4.02. The molecule has 1 unspecified atom stereocenters. The van der Waals surface area contributed by atoms with E-state index < -0.39 is 0 Å². The minimum absolute atomic E-state index is 0.0338. The summed E-state index contributed by atoms with van der Waals surface area (Å²) in [6.45, 7) is 6.04. The molecular formula is C22H24ClN3O3. The summed E-state index contributed by atoms with van der Waals surface area (Å²) in [6.07, 6.45) is 1.64. The highest BCUT2D eigenvalue weighted by Crippen LogP contribution is 2.25. The lowest BCUT2D eigenvalue weighted by Crippen LogP contribution is -2.56. The van der Waals surface area contributed by atoms with Gasteiger partial charge in [0.15, 0.2) is 0 Å². The van der Waals surface area contributed by atoms with E-state index in [1.54, 1.807) is 11.2 Å². The molecule has 0 saturated carbocycles. The van der Waals surface area contributed by atoms with Crippen LogP contribution in [-0.4, -0.2) is 57.7 Å². The molecule has 1 aliphatic heterocycles. The minimum atomic E-state index is -0.0910. The quantitative estimate of drug-likeness (QED) is 0.615. The summed E-state index contributed by atoms with van der Waals surface area (Å²) in [5, 5.41) is 0.908. The number of hydrogen-bond donors (Lipinski definition) is 0. The number of amides is 2. The summed E-state index contributed by atoms with van der Waals surface area (Å²) < 4.78 is 7.63. The molecule has 2 amide bonds. The third-order valence-corrected chi connectivity index (χ3v) is 5.89. The van der Waals surface area contributed by atoms with Gasteiger partial charge in [-0.05, 0) is 37.1 Å². The van der Waals surface area contributed by atoms with Crippen molar-refractivity contribution in [3.8, 4) is 0 Å². The summed E-state index contributed by atoms with van der Waals surface area (Å²) in [5.41, 5.74) is 3.61. The Balaban J connectivity index is 1.62. The van der Waals surface area contributed by atoms with E-state index in [0.717, 1.165) is 10.9 Å².